The van der Waals surface area contributed by atoms with Gasteiger partial charge in [-0.15, -0.1) is 0 Å². The Balaban J connectivity index is 2.30. The van der Waals surface area contributed by atoms with Crippen LogP contribution in [0, 0.1) is 0 Å². The van der Waals surface area contributed by atoms with Crippen molar-refractivity contribution in [1.29, 1.82) is 0 Å². The van der Waals surface area contributed by atoms with Gasteiger partial charge in [-0.1, -0.05) is 12.1 Å². The van der Waals surface area contributed by atoms with Crippen molar-refractivity contribution >= 4 is 23.6 Å². The monoisotopic (exact) mass is 352 g/mol. The van der Waals surface area contributed by atoms with Gasteiger partial charge < -0.3 is 21.1 Å². The standard InChI is InChI=1S/C17H28N4O2S/c1-3-18-17(20-10-6-7-13-24-2)21-12-11-19-16(23)14-8-4-5-9-15(14)22/h4-5,8-9,22H,3,6-7,10-13H2,1-2H3,(H,19,23)(H2,18,20,21). The molecule has 0 bridgehead atoms. The molecule has 1 amide bonds. The van der Waals surface area contributed by atoms with E-state index in [2.05, 4.69) is 27.2 Å². The molecule has 1 rings (SSSR count). The van der Waals surface area contributed by atoms with Crippen molar-refractivity contribution in [1.82, 2.24) is 16.0 Å². The highest BCUT2D eigenvalue weighted by Crippen LogP contribution is 2.14. The number of carbonyl (C=O) groups excluding carboxylic acids is 1. The summed E-state index contributed by atoms with van der Waals surface area (Å²) in [5.74, 6) is 1.63. The highest BCUT2D eigenvalue weighted by atomic mass is 32.2. The molecule has 1 aromatic rings. The molecule has 0 radical (unpaired) electrons. The number of benzene rings is 1. The number of aromatic hydroxyl groups is 1. The molecule has 0 unspecified atom stereocenters. The molecule has 0 aromatic heterocycles. The van der Waals surface area contributed by atoms with Gasteiger partial charge in [-0.3, -0.25) is 9.79 Å². The first-order chi connectivity index (χ1) is 11.7. The maximum atomic E-state index is 12.0. The summed E-state index contributed by atoms with van der Waals surface area (Å²) in [4.78, 5) is 16.5. The fraction of sp³-hybridized carbons (Fsp3) is 0.529. The number of thioether (sulfide) groups is 1. The Labute approximate surface area is 148 Å². The van der Waals surface area contributed by atoms with Crippen molar-refractivity contribution in [2.45, 2.75) is 19.8 Å². The number of para-hydroxylation sites is 1. The Kier molecular flexibility index (Phi) is 10.5. The SMILES string of the molecule is CCNC(=NCCCCSC)NCCNC(=O)c1ccccc1O. The Morgan fingerprint density at radius 2 is 1.92 bits per heavy atom. The highest BCUT2D eigenvalue weighted by molar-refractivity contribution is 7.98. The lowest BCUT2D eigenvalue weighted by atomic mass is 10.2. The fourth-order valence-electron chi connectivity index (χ4n) is 2.01. The van der Waals surface area contributed by atoms with Crippen LogP contribution in [0.4, 0.5) is 0 Å². The lowest BCUT2D eigenvalue weighted by Crippen LogP contribution is -2.41. The number of nitrogens with one attached hydrogen (secondary N) is 3. The smallest absolute Gasteiger partial charge is 0.255 e. The number of aliphatic imine (C=N–C) groups is 1. The minimum Gasteiger partial charge on any atom is -0.507 e. The van der Waals surface area contributed by atoms with Crippen molar-refractivity contribution in [3.63, 3.8) is 0 Å². The largest absolute Gasteiger partial charge is 0.507 e. The molecule has 6 nitrogen and oxygen atoms in total. The lowest BCUT2D eigenvalue weighted by molar-refractivity contribution is 0.0951. The van der Waals surface area contributed by atoms with E-state index in [1.807, 2.05) is 18.7 Å². The predicted octanol–water partition coefficient (Wildman–Crippen LogP) is 1.82. The van der Waals surface area contributed by atoms with Gasteiger partial charge >= 0.3 is 0 Å². The molecule has 1 aromatic carbocycles. The molecule has 0 aliphatic rings. The number of carbonyl (C=O) groups is 1. The Bertz CT molecular complexity index is 523. The predicted molar refractivity (Wildman–Crippen MR) is 102 cm³/mol. The van der Waals surface area contributed by atoms with Crippen LogP contribution in [-0.2, 0) is 0 Å². The van der Waals surface area contributed by atoms with Gasteiger partial charge in [0.2, 0.25) is 0 Å². The number of phenols is 1. The fourth-order valence-corrected chi connectivity index (χ4v) is 2.50. The zero-order chi connectivity index (χ0) is 17.6. The zero-order valence-corrected chi connectivity index (χ0v) is 15.3. The van der Waals surface area contributed by atoms with Gasteiger partial charge in [-0.25, -0.2) is 0 Å². The van der Waals surface area contributed by atoms with E-state index in [0.717, 1.165) is 31.2 Å². The van der Waals surface area contributed by atoms with Crippen LogP contribution in [-0.4, -0.2) is 55.2 Å². The van der Waals surface area contributed by atoms with Crippen LogP contribution in [0.3, 0.4) is 0 Å². The molecule has 0 saturated carbocycles. The third-order valence-electron chi connectivity index (χ3n) is 3.22. The average Bonchev–Trinajstić information content (AvgIpc) is 2.58. The maximum absolute atomic E-state index is 12.0. The second-order valence-corrected chi connectivity index (χ2v) is 6.15. The molecule has 0 spiro atoms. The van der Waals surface area contributed by atoms with E-state index in [1.54, 1.807) is 18.2 Å². The van der Waals surface area contributed by atoms with Gasteiger partial charge in [0, 0.05) is 26.2 Å². The topological polar surface area (TPSA) is 85.8 Å². The summed E-state index contributed by atoms with van der Waals surface area (Å²) in [5, 5.41) is 18.8. The van der Waals surface area contributed by atoms with Crippen LogP contribution in [0.15, 0.2) is 29.3 Å². The van der Waals surface area contributed by atoms with E-state index >= 15 is 0 Å². The molecule has 24 heavy (non-hydrogen) atoms. The van der Waals surface area contributed by atoms with Gasteiger partial charge in [0.05, 0.1) is 5.56 Å². The van der Waals surface area contributed by atoms with Crippen LogP contribution in [0.5, 0.6) is 5.75 Å². The van der Waals surface area contributed by atoms with E-state index in [1.165, 1.54) is 12.5 Å². The van der Waals surface area contributed by atoms with E-state index in [0.29, 0.717) is 13.1 Å². The summed E-state index contributed by atoms with van der Waals surface area (Å²) in [5.41, 5.74) is 0.284. The number of phenolic OH excluding ortho intramolecular Hbond substituents is 1. The second kappa shape index (κ2) is 12.5. The summed E-state index contributed by atoms with van der Waals surface area (Å²) < 4.78 is 0. The van der Waals surface area contributed by atoms with E-state index < -0.39 is 0 Å². The quantitative estimate of drug-likeness (QED) is 0.293. The number of unbranched alkanes of at least 4 members (excludes halogenated alkanes) is 1. The third-order valence-corrected chi connectivity index (χ3v) is 3.92. The number of hydrogen-bond acceptors (Lipinski definition) is 4. The van der Waals surface area contributed by atoms with E-state index in [4.69, 9.17) is 0 Å². The van der Waals surface area contributed by atoms with Gasteiger partial charge in [0.25, 0.3) is 5.91 Å². The van der Waals surface area contributed by atoms with Crippen LogP contribution in [0.25, 0.3) is 0 Å². The maximum Gasteiger partial charge on any atom is 0.255 e. The number of nitrogens with zero attached hydrogens (tertiary/aromatic N) is 1. The number of rotatable bonds is 10. The van der Waals surface area contributed by atoms with Gasteiger partial charge in [0.1, 0.15) is 5.75 Å². The molecular formula is C17H28N4O2S. The van der Waals surface area contributed by atoms with Crippen LogP contribution in [0.2, 0.25) is 0 Å². The Hall–Kier alpha value is -1.89. The number of guanidine groups is 1. The second-order valence-electron chi connectivity index (χ2n) is 5.16. The first kappa shape index (κ1) is 20.2. The molecular weight excluding hydrogens is 324 g/mol. The van der Waals surface area contributed by atoms with Gasteiger partial charge in [-0.2, -0.15) is 11.8 Å². The molecule has 0 heterocycles. The molecule has 7 heteroatoms. The molecule has 4 N–H and O–H groups in total. The summed E-state index contributed by atoms with van der Waals surface area (Å²) >= 11 is 1.85. The summed E-state index contributed by atoms with van der Waals surface area (Å²) in [6.45, 7) is 4.62. The van der Waals surface area contributed by atoms with Crippen molar-refractivity contribution in [2.24, 2.45) is 4.99 Å². The number of amides is 1. The van der Waals surface area contributed by atoms with Crippen molar-refractivity contribution in [3.8, 4) is 5.75 Å². The zero-order valence-electron chi connectivity index (χ0n) is 14.5. The van der Waals surface area contributed by atoms with Crippen LogP contribution < -0.4 is 16.0 Å². The average molecular weight is 353 g/mol. The van der Waals surface area contributed by atoms with Crippen molar-refractivity contribution < 1.29 is 9.90 Å². The Morgan fingerprint density at radius 1 is 1.17 bits per heavy atom. The van der Waals surface area contributed by atoms with Crippen LogP contribution >= 0.6 is 11.8 Å². The van der Waals surface area contributed by atoms with Crippen molar-refractivity contribution in [3.05, 3.63) is 29.8 Å². The Morgan fingerprint density at radius 3 is 2.62 bits per heavy atom. The lowest BCUT2D eigenvalue weighted by Gasteiger charge is -2.12. The summed E-state index contributed by atoms with van der Waals surface area (Å²) in [6.07, 6.45) is 4.35. The molecule has 0 saturated heterocycles. The normalized spacial score (nSPS) is 11.2. The summed E-state index contributed by atoms with van der Waals surface area (Å²) in [7, 11) is 0. The first-order valence-electron chi connectivity index (χ1n) is 8.26. The van der Waals surface area contributed by atoms with Crippen LogP contribution in [0.1, 0.15) is 30.1 Å². The van der Waals surface area contributed by atoms with E-state index in [-0.39, 0.29) is 17.2 Å². The molecule has 0 aliphatic carbocycles. The van der Waals surface area contributed by atoms with E-state index in [9.17, 15) is 9.90 Å². The third kappa shape index (κ3) is 8.10. The molecule has 0 fully saturated rings. The number of hydrogen-bond donors (Lipinski definition) is 4. The highest BCUT2D eigenvalue weighted by Gasteiger charge is 2.08. The van der Waals surface area contributed by atoms with Gasteiger partial charge in [0.15, 0.2) is 5.96 Å². The van der Waals surface area contributed by atoms with Gasteiger partial charge in [-0.05, 0) is 43.9 Å². The molecule has 134 valence electrons. The first-order valence-corrected chi connectivity index (χ1v) is 9.65. The summed E-state index contributed by atoms with van der Waals surface area (Å²) in [6, 6.07) is 6.50. The minimum absolute atomic E-state index is 0.0110. The molecule has 0 atom stereocenters. The van der Waals surface area contributed by atoms with Crippen molar-refractivity contribution in [2.75, 3.05) is 38.2 Å². The molecule has 0 aliphatic heterocycles. The minimum atomic E-state index is -0.283.